The summed E-state index contributed by atoms with van der Waals surface area (Å²) in [5.74, 6) is -0.796. The molecular formula is C11H20O5S. The highest BCUT2D eigenvalue weighted by atomic mass is 32.2. The molecule has 0 aliphatic carbocycles. The van der Waals surface area contributed by atoms with Crippen molar-refractivity contribution in [3.05, 3.63) is 0 Å². The fourth-order valence-electron chi connectivity index (χ4n) is 1.00. The SMILES string of the molecule is CCOC(=O)C(C)(C)C(=O)CS(=O)CCOC. The van der Waals surface area contributed by atoms with Gasteiger partial charge in [0, 0.05) is 23.7 Å². The van der Waals surface area contributed by atoms with Crippen LogP contribution < -0.4 is 0 Å². The average molecular weight is 264 g/mol. The van der Waals surface area contributed by atoms with E-state index in [2.05, 4.69) is 0 Å². The van der Waals surface area contributed by atoms with Gasteiger partial charge in [0.25, 0.3) is 0 Å². The van der Waals surface area contributed by atoms with Crippen LogP contribution in [0.5, 0.6) is 0 Å². The minimum absolute atomic E-state index is 0.144. The first-order chi connectivity index (χ1) is 7.86. The van der Waals surface area contributed by atoms with Crippen LogP contribution in [0, 0.1) is 5.41 Å². The van der Waals surface area contributed by atoms with E-state index >= 15 is 0 Å². The van der Waals surface area contributed by atoms with E-state index in [-0.39, 0.29) is 18.1 Å². The summed E-state index contributed by atoms with van der Waals surface area (Å²) in [6, 6.07) is 0. The number of ketones is 1. The van der Waals surface area contributed by atoms with Gasteiger partial charge in [-0.2, -0.15) is 0 Å². The monoisotopic (exact) mass is 264 g/mol. The third kappa shape index (κ3) is 5.41. The summed E-state index contributed by atoms with van der Waals surface area (Å²) in [6.45, 7) is 5.21. The van der Waals surface area contributed by atoms with Gasteiger partial charge in [-0.15, -0.1) is 0 Å². The Morgan fingerprint density at radius 3 is 2.35 bits per heavy atom. The lowest BCUT2D eigenvalue weighted by Crippen LogP contribution is -2.38. The van der Waals surface area contributed by atoms with E-state index in [0.717, 1.165) is 0 Å². The maximum absolute atomic E-state index is 11.8. The highest BCUT2D eigenvalue weighted by Crippen LogP contribution is 2.19. The summed E-state index contributed by atoms with van der Waals surface area (Å²) in [5, 5.41) is 0. The van der Waals surface area contributed by atoms with E-state index in [1.54, 1.807) is 6.92 Å². The van der Waals surface area contributed by atoms with Crippen LogP contribution in [-0.4, -0.2) is 47.8 Å². The molecule has 0 rings (SSSR count). The van der Waals surface area contributed by atoms with Crippen LogP contribution in [0.1, 0.15) is 20.8 Å². The van der Waals surface area contributed by atoms with Crippen LogP contribution in [0.25, 0.3) is 0 Å². The Labute approximate surface area is 104 Å². The fraction of sp³-hybridized carbons (Fsp3) is 0.818. The van der Waals surface area contributed by atoms with Crippen LogP contribution >= 0.6 is 0 Å². The molecule has 0 aliphatic rings. The van der Waals surface area contributed by atoms with Crippen LogP contribution in [0.2, 0.25) is 0 Å². The van der Waals surface area contributed by atoms with Crippen molar-refractivity contribution in [3.63, 3.8) is 0 Å². The lowest BCUT2D eigenvalue weighted by atomic mass is 9.89. The zero-order valence-electron chi connectivity index (χ0n) is 10.8. The molecule has 17 heavy (non-hydrogen) atoms. The van der Waals surface area contributed by atoms with E-state index in [4.69, 9.17) is 9.47 Å². The molecule has 0 saturated carbocycles. The molecule has 0 radical (unpaired) electrons. The highest BCUT2D eigenvalue weighted by molar-refractivity contribution is 7.85. The molecule has 0 aliphatic heterocycles. The van der Waals surface area contributed by atoms with Crippen molar-refractivity contribution in [2.75, 3.05) is 31.8 Å². The minimum Gasteiger partial charge on any atom is -0.465 e. The molecule has 0 fully saturated rings. The first kappa shape index (κ1) is 16.2. The number of Topliss-reactive ketones (excluding diaryl/α,β-unsaturated/α-hetero) is 1. The molecule has 0 heterocycles. The van der Waals surface area contributed by atoms with Gasteiger partial charge in [0.1, 0.15) is 5.41 Å². The van der Waals surface area contributed by atoms with Crippen molar-refractivity contribution in [1.82, 2.24) is 0 Å². The zero-order chi connectivity index (χ0) is 13.5. The van der Waals surface area contributed by atoms with Crippen molar-refractivity contribution < 1.29 is 23.3 Å². The molecule has 0 aromatic carbocycles. The Hall–Kier alpha value is -0.750. The van der Waals surface area contributed by atoms with Gasteiger partial charge in [-0.3, -0.25) is 13.8 Å². The van der Waals surface area contributed by atoms with E-state index in [9.17, 15) is 13.8 Å². The van der Waals surface area contributed by atoms with Gasteiger partial charge >= 0.3 is 5.97 Å². The predicted molar refractivity (Wildman–Crippen MR) is 65.2 cm³/mol. The normalized spacial score (nSPS) is 13.2. The van der Waals surface area contributed by atoms with Crippen molar-refractivity contribution in [2.45, 2.75) is 20.8 Å². The maximum atomic E-state index is 11.8. The molecule has 1 atom stereocenters. The van der Waals surface area contributed by atoms with Gasteiger partial charge in [-0.1, -0.05) is 0 Å². The van der Waals surface area contributed by atoms with Gasteiger partial charge in [-0.05, 0) is 20.8 Å². The second kappa shape index (κ2) is 7.55. The quantitative estimate of drug-likeness (QED) is 0.473. The number of carbonyl (C=O) groups excluding carboxylic acids is 2. The minimum atomic E-state index is -1.30. The molecule has 0 N–H and O–H groups in total. The standard InChI is InChI=1S/C11H20O5S/c1-5-16-10(13)11(2,3)9(12)8-17(14)7-6-15-4/h5-8H2,1-4H3. The second-order valence-corrected chi connectivity index (χ2v) is 5.63. The van der Waals surface area contributed by atoms with Gasteiger partial charge in [0.15, 0.2) is 5.78 Å². The second-order valence-electron chi connectivity index (χ2n) is 4.05. The fourth-order valence-corrected chi connectivity index (χ4v) is 2.15. The number of hydrogen-bond acceptors (Lipinski definition) is 5. The van der Waals surface area contributed by atoms with E-state index in [1.807, 2.05) is 0 Å². The zero-order valence-corrected chi connectivity index (χ0v) is 11.6. The Morgan fingerprint density at radius 2 is 1.88 bits per heavy atom. The molecule has 6 heteroatoms. The summed E-state index contributed by atoms with van der Waals surface area (Å²) in [4.78, 5) is 23.4. The summed E-state index contributed by atoms with van der Waals surface area (Å²) in [5.41, 5.74) is -1.24. The van der Waals surface area contributed by atoms with Gasteiger partial charge < -0.3 is 9.47 Å². The largest absolute Gasteiger partial charge is 0.465 e. The summed E-state index contributed by atoms with van der Waals surface area (Å²) >= 11 is 0. The van der Waals surface area contributed by atoms with Gasteiger partial charge in [0.05, 0.1) is 19.0 Å². The summed E-state index contributed by atoms with van der Waals surface area (Å²) < 4.78 is 21.1. The molecule has 0 aromatic rings. The smallest absolute Gasteiger partial charge is 0.319 e. The number of rotatable bonds is 8. The third-order valence-corrected chi connectivity index (χ3v) is 3.50. The van der Waals surface area contributed by atoms with E-state index in [1.165, 1.54) is 21.0 Å². The molecule has 0 bridgehead atoms. The Morgan fingerprint density at radius 1 is 1.29 bits per heavy atom. The number of methoxy groups -OCH3 is 1. The molecule has 0 saturated heterocycles. The molecule has 0 aromatic heterocycles. The molecular weight excluding hydrogens is 244 g/mol. The lowest BCUT2D eigenvalue weighted by Gasteiger charge is -2.20. The number of esters is 1. The Kier molecular flexibility index (Phi) is 7.22. The van der Waals surface area contributed by atoms with E-state index in [0.29, 0.717) is 12.4 Å². The van der Waals surface area contributed by atoms with Crippen molar-refractivity contribution >= 4 is 22.6 Å². The molecule has 0 spiro atoms. The molecule has 1 unspecified atom stereocenters. The lowest BCUT2D eigenvalue weighted by molar-refractivity contribution is -0.157. The van der Waals surface area contributed by atoms with Crippen LogP contribution in [0.4, 0.5) is 0 Å². The van der Waals surface area contributed by atoms with Gasteiger partial charge in [-0.25, -0.2) is 0 Å². The van der Waals surface area contributed by atoms with Gasteiger partial charge in [0.2, 0.25) is 0 Å². The van der Waals surface area contributed by atoms with Crippen molar-refractivity contribution in [3.8, 4) is 0 Å². The third-order valence-electron chi connectivity index (χ3n) is 2.29. The highest BCUT2D eigenvalue weighted by Gasteiger charge is 2.37. The molecule has 100 valence electrons. The first-order valence-corrected chi connectivity index (χ1v) is 6.89. The molecule has 5 nitrogen and oxygen atoms in total. The molecule has 0 amide bonds. The Balaban J connectivity index is 4.38. The van der Waals surface area contributed by atoms with Crippen LogP contribution in [0.15, 0.2) is 0 Å². The maximum Gasteiger partial charge on any atom is 0.319 e. The summed E-state index contributed by atoms with van der Waals surface area (Å²) in [7, 11) is 0.202. The number of ether oxygens (including phenoxy) is 2. The Bertz CT molecular complexity index is 298. The summed E-state index contributed by atoms with van der Waals surface area (Å²) in [6.07, 6.45) is 0. The van der Waals surface area contributed by atoms with Crippen molar-refractivity contribution in [2.24, 2.45) is 5.41 Å². The topological polar surface area (TPSA) is 69.7 Å². The number of hydrogen-bond donors (Lipinski definition) is 0. The van der Waals surface area contributed by atoms with Crippen LogP contribution in [-0.2, 0) is 29.9 Å². The average Bonchev–Trinajstić information content (AvgIpc) is 2.26. The number of carbonyl (C=O) groups is 2. The van der Waals surface area contributed by atoms with Crippen molar-refractivity contribution in [1.29, 1.82) is 0 Å². The predicted octanol–water partition coefficient (Wildman–Crippen LogP) is 0.540. The van der Waals surface area contributed by atoms with E-state index < -0.39 is 22.2 Å². The first-order valence-electron chi connectivity index (χ1n) is 5.40. The van der Waals surface area contributed by atoms with Crippen LogP contribution in [0.3, 0.4) is 0 Å².